The minimum absolute atomic E-state index is 0.131. The summed E-state index contributed by atoms with van der Waals surface area (Å²) in [5.74, 6) is 0.131. The highest BCUT2D eigenvalue weighted by atomic mass is 32.2. The van der Waals surface area contributed by atoms with Gasteiger partial charge in [0.1, 0.15) is 5.69 Å². The zero-order valence-electron chi connectivity index (χ0n) is 13.0. The van der Waals surface area contributed by atoms with Gasteiger partial charge in [-0.1, -0.05) is 42.5 Å². The Labute approximate surface area is 135 Å². The van der Waals surface area contributed by atoms with E-state index < -0.39 is 10.0 Å². The highest BCUT2D eigenvalue weighted by Gasteiger charge is 2.25. The fourth-order valence-corrected chi connectivity index (χ4v) is 3.69. The maximum absolute atomic E-state index is 11.7. The number of aromatic nitrogens is 3. The van der Waals surface area contributed by atoms with Crippen LogP contribution < -0.4 is 4.72 Å². The van der Waals surface area contributed by atoms with Gasteiger partial charge in [-0.3, -0.25) is 0 Å². The fourth-order valence-electron chi connectivity index (χ4n) is 2.57. The average molecular weight is 336 g/mol. The molecule has 2 heterocycles. The number of ether oxygens (including phenoxy) is 1. The highest BCUT2D eigenvalue weighted by molar-refractivity contribution is 7.89. The second kappa shape index (κ2) is 6.77. The molecule has 1 aromatic heterocycles. The minimum atomic E-state index is -3.22. The second-order valence-electron chi connectivity index (χ2n) is 5.53. The molecule has 0 aliphatic carbocycles. The van der Waals surface area contributed by atoms with E-state index in [4.69, 9.17) is 4.74 Å². The predicted molar refractivity (Wildman–Crippen MR) is 86.1 cm³/mol. The molecule has 1 aromatic carbocycles. The van der Waals surface area contributed by atoms with Gasteiger partial charge in [-0.05, 0) is 6.42 Å². The van der Waals surface area contributed by atoms with Gasteiger partial charge < -0.3 is 4.74 Å². The number of fused-ring (bicyclic) bond motifs is 1. The van der Waals surface area contributed by atoms with Crippen molar-refractivity contribution < 1.29 is 13.2 Å². The van der Waals surface area contributed by atoms with Crippen LogP contribution in [-0.2, 0) is 27.9 Å². The molecular formula is C15H20N4O3S. The Kier molecular flexibility index (Phi) is 4.74. The monoisotopic (exact) mass is 336 g/mol. The summed E-state index contributed by atoms with van der Waals surface area (Å²) in [6.45, 7) is 2.95. The summed E-state index contributed by atoms with van der Waals surface area (Å²) in [5, 5.41) is 8.41. The van der Waals surface area contributed by atoms with Gasteiger partial charge in [-0.2, -0.15) is 0 Å². The number of hydrogen-bond donors (Lipinski definition) is 1. The summed E-state index contributed by atoms with van der Waals surface area (Å²) in [7, 11) is -3.22. The van der Waals surface area contributed by atoms with E-state index in [1.165, 1.54) is 0 Å². The second-order valence-corrected chi connectivity index (χ2v) is 7.46. The van der Waals surface area contributed by atoms with E-state index in [0.717, 1.165) is 17.0 Å². The Hall–Kier alpha value is -1.77. The van der Waals surface area contributed by atoms with Crippen LogP contribution in [0.1, 0.15) is 19.0 Å². The summed E-state index contributed by atoms with van der Waals surface area (Å²) in [6, 6.07) is 9.83. The molecule has 1 aliphatic heterocycles. The molecule has 1 atom stereocenters. The third-order valence-electron chi connectivity index (χ3n) is 3.72. The first-order valence-electron chi connectivity index (χ1n) is 7.66. The summed E-state index contributed by atoms with van der Waals surface area (Å²) in [6.07, 6.45) is 0.355. The van der Waals surface area contributed by atoms with Crippen molar-refractivity contribution in [2.45, 2.75) is 32.6 Å². The van der Waals surface area contributed by atoms with E-state index in [-0.39, 0.29) is 18.4 Å². The van der Waals surface area contributed by atoms with Gasteiger partial charge in [0.05, 0.1) is 30.7 Å². The Morgan fingerprint density at radius 2 is 2.13 bits per heavy atom. The summed E-state index contributed by atoms with van der Waals surface area (Å²) in [4.78, 5) is 0. The molecule has 3 rings (SSSR count). The van der Waals surface area contributed by atoms with Crippen LogP contribution in [0, 0.1) is 0 Å². The SMILES string of the molecule is CCCS(=O)(=O)NC[C@H]1Cn2nnc(-c3ccccc3)c2CO1. The van der Waals surface area contributed by atoms with Crippen LogP contribution in [0.4, 0.5) is 0 Å². The molecule has 2 aromatic rings. The van der Waals surface area contributed by atoms with E-state index in [9.17, 15) is 8.42 Å². The molecule has 7 nitrogen and oxygen atoms in total. The highest BCUT2D eigenvalue weighted by Crippen LogP contribution is 2.24. The normalized spacial score (nSPS) is 17.9. The smallest absolute Gasteiger partial charge is 0.211 e. The molecule has 1 aliphatic rings. The largest absolute Gasteiger partial charge is 0.369 e. The number of nitrogens with zero attached hydrogens (tertiary/aromatic N) is 3. The quantitative estimate of drug-likeness (QED) is 0.856. The van der Waals surface area contributed by atoms with Gasteiger partial charge >= 0.3 is 0 Å². The van der Waals surface area contributed by atoms with Gasteiger partial charge in [0.2, 0.25) is 10.0 Å². The third kappa shape index (κ3) is 3.77. The number of sulfonamides is 1. The van der Waals surface area contributed by atoms with Crippen molar-refractivity contribution in [1.82, 2.24) is 19.7 Å². The lowest BCUT2D eigenvalue weighted by Gasteiger charge is -2.24. The molecule has 0 bridgehead atoms. The van der Waals surface area contributed by atoms with E-state index in [1.54, 1.807) is 4.68 Å². The molecule has 0 amide bonds. The molecule has 23 heavy (non-hydrogen) atoms. The number of nitrogens with one attached hydrogen (secondary N) is 1. The Bertz CT molecular complexity index is 758. The molecule has 1 N–H and O–H groups in total. The van der Waals surface area contributed by atoms with Crippen LogP contribution in [0.3, 0.4) is 0 Å². The Balaban J connectivity index is 1.68. The molecule has 0 spiro atoms. The van der Waals surface area contributed by atoms with E-state index >= 15 is 0 Å². The zero-order chi connectivity index (χ0) is 16.3. The van der Waals surface area contributed by atoms with Crippen LogP contribution in [0.15, 0.2) is 30.3 Å². The van der Waals surface area contributed by atoms with Crippen molar-refractivity contribution in [3.8, 4) is 11.3 Å². The predicted octanol–water partition coefficient (Wildman–Crippen LogP) is 1.17. The maximum atomic E-state index is 11.7. The Morgan fingerprint density at radius 3 is 2.87 bits per heavy atom. The van der Waals surface area contributed by atoms with Crippen molar-refractivity contribution in [2.75, 3.05) is 12.3 Å². The molecule has 0 saturated carbocycles. The zero-order valence-corrected chi connectivity index (χ0v) is 13.8. The first-order valence-corrected chi connectivity index (χ1v) is 9.31. The van der Waals surface area contributed by atoms with Gasteiger partial charge in [-0.15, -0.1) is 5.10 Å². The lowest BCUT2D eigenvalue weighted by Crippen LogP contribution is -2.39. The van der Waals surface area contributed by atoms with Gasteiger partial charge in [0.25, 0.3) is 0 Å². The number of hydrogen-bond acceptors (Lipinski definition) is 5. The van der Waals surface area contributed by atoms with E-state index in [1.807, 2.05) is 37.3 Å². The molecule has 8 heteroatoms. The third-order valence-corrected chi connectivity index (χ3v) is 5.27. The molecular weight excluding hydrogens is 316 g/mol. The Morgan fingerprint density at radius 1 is 1.35 bits per heavy atom. The molecule has 0 saturated heterocycles. The van der Waals surface area contributed by atoms with Crippen molar-refractivity contribution in [3.05, 3.63) is 36.0 Å². The van der Waals surface area contributed by atoms with Crippen molar-refractivity contribution >= 4 is 10.0 Å². The van der Waals surface area contributed by atoms with Crippen LogP contribution in [0.2, 0.25) is 0 Å². The topological polar surface area (TPSA) is 86.1 Å². The van der Waals surface area contributed by atoms with Crippen molar-refractivity contribution in [3.63, 3.8) is 0 Å². The van der Waals surface area contributed by atoms with E-state index in [2.05, 4.69) is 15.0 Å². The molecule has 0 radical (unpaired) electrons. The summed E-state index contributed by atoms with van der Waals surface area (Å²) < 4.78 is 33.6. The van der Waals surface area contributed by atoms with Crippen LogP contribution in [0.5, 0.6) is 0 Å². The van der Waals surface area contributed by atoms with Gasteiger partial charge in [0, 0.05) is 12.1 Å². The number of rotatable bonds is 6. The van der Waals surface area contributed by atoms with Gasteiger partial charge in [-0.25, -0.2) is 17.8 Å². The van der Waals surface area contributed by atoms with Crippen LogP contribution in [-0.4, -0.2) is 41.8 Å². The first kappa shape index (κ1) is 16.1. The molecule has 124 valence electrons. The number of benzene rings is 1. The van der Waals surface area contributed by atoms with Gasteiger partial charge in [0.15, 0.2) is 0 Å². The average Bonchev–Trinajstić information content (AvgIpc) is 2.97. The fraction of sp³-hybridized carbons (Fsp3) is 0.467. The first-order chi connectivity index (χ1) is 11.1. The summed E-state index contributed by atoms with van der Waals surface area (Å²) in [5.41, 5.74) is 2.74. The minimum Gasteiger partial charge on any atom is -0.369 e. The maximum Gasteiger partial charge on any atom is 0.211 e. The van der Waals surface area contributed by atoms with Crippen molar-refractivity contribution in [2.24, 2.45) is 0 Å². The standard InChI is InChI=1S/C15H20N4O3S/c1-2-8-23(20,21)16-9-13-10-19-14(11-22-13)15(17-18-19)12-6-4-3-5-7-12/h3-7,13,16H,2,8-11H2,1H3/t13-/m0/s1. The lowest BCUT2D eigenvalue weighted by atomic mass is 10.1. The summed E-state index contributed by atoms with van der Waals surface area (Å²) >= 11 is 0. The van der Waals surface area contributed by atoms with Crippen molar-refractivity contribution in [1.29, 1.82) is 0 Å². The molecule has 0 fully saturated rings. The van der Waals surface area contributed by atoms with Crippen LogP contribution in [0.25, 0.3) is 11.3 Å². The lowest BCUT2D eigenvalue weighted by molar-refractivity contribution is 0.00432. The molecule has 0 unspecified atom stereocenters. The van der Waals surface area contributed by atoms with Crippen LogP contribution >= 0.6 is 0 Å². The van der Waals surface area contributed by atoms with E-state index in [0.29, 0.717) is 19.6 Å².